The van der Waals surface area contributed by atoms with Crippen LogP contribution in [0.2, 0.25) is 5.02 Å². The summed E-state index contributed by atoms with van der Waals surface area (Å²) >= 11 is 6.58. The Morgan fingerprint density at radius 2 is 1.93 bits per heavy atom. The van der Waals surface area contributed by atoms with Gasteiger partial charge >= 0.3 is 12.8 Å². The summed E-state index contributed by atoms with van der Waals surface area (Å²) in [5.41, 5.74) is -3.90. The molecule has 0 saturated heterocycles. The molecule has 9 nitrogen and oxygen atoms in total. The number of nitrogens with one attached hydrogen (secondary N) is 1. The topological polar surface area (TPSA) is 134 Å². The summed E-state index contributed by atoms with van der Waals surface area (Å²) in [5, 5.41) is 25.8. The number of halogens is 6. The second-order valence-corrected chi connectivity index (χ2v) is 14.4. The van der Waals surface area contributed by atoms with Gasteiger partial charge in [0.1, 0.15) is 15.6 Å². The maximum Gasteiger partial charge on any atom is 0.394 e. The number of amides is 1. The fourth-order valence-electron chi connectivity index (χ4n) is 5.05. The first-order chi connectivity index (χ1) is 20.3. The molecule has 0 radical (unpaired) electrons. The fourth-order valence-corrected chi connectivity index (χ4v) is 6.47. The predicted molar refractivity (Wildman–Crippen MR) is 152 cm³/mol. The lowest BCUT2D eigenvalue weighted by Gasteiger charge is -2.35. The second-order valence-electron chi connectivity index (χ2n) is 11.7. The predicted octanol–water partition coefficient (Wildman–Crippen LogP) is 5.69. The number of rotatable bonds is 12. The molecular formula is C28H34ClF5N4O5S. The number of nitriles is 1. The molecule has 1 aromatic heterocycles. The molecule has 0 atom stereocenters. The highest BCUT2D eigenvalue weighted by Crippen LogP contribution is 2.43. The van der Waals surface area contributed by atoms with Gasteiger partial charge in [0.15, 0.2) is 5.69 Å². The fraction of sp³-hybridized carbons (Fsp3) is 0.607. The molecule has 1 aromatic carbocycles. The molecule has 0 aliphatic heterocycles. The maximum absolute atomic E-state index is 13.5. The van der Waals surface area contributed by atoms with E-state index in [1.165, 1.54) is 16.8 Å². The lowest BCUT2D eigenvalue weighted by molar-refractivity contribution is -0.211. The first kappa shape index (κ1) is 35.5. The Balaban J connectivity index is 1.96. The van der Waals surface area contributed by atoms with Crippen LogP contribution in [0.5, 0.6) is 5.75 Å². The van der Waals surface area contributed by atoms with Gasteiger partial charge in [-0.1, -0.05) is 31.5 Å². The van der Waals surface area contributed by atoms with Crippen LogP contribution in [0.4, 0.5) is 22.0 Å². The van der Waals surface area contributed by atoms with Crippen molar-refractivity contribution in [3.8, 4) is 23.1 Å². The highest BCUT2D eigenvalue weighted by atomic mass is 35.5. The summed E-state index contributed by atoms with van der Waals surface area (Å²) in [5.74, 6) is -1.29. The van der Waals surface area contributed by atoms with Crippen molar-refractivity contribution in [3.05, 3.63) is 34.5 Å². The highest BCUT2D eigenvalue weighted by Gasteiger charge is 2.47. The number of benzene rings is 1. The second kappa shape index (κ2) is 13.6. The molecule has 1 aliphatic carbocycles. The summed E-state index contributed by atoms with van der Waals surface area (Å²) in [4.78, 5) is 13.2. The summed E-state index contributed by atoms with van der Waals surface area (Å²) in [6.07, 6.45) is -2.96. The van der Waals surface area contributed by atoms with Crippen LogP contribution in [0.1, 0.15) is 68.4 Å². The molecule has 0 spiro atoms. The van der Waals surface area contributed by atoms with E-state index in [1.807, 2.05) is 6.07 Å². The molecule has 44 heavy (non-hydrogen) atoms. The van der Waals surface area contributed by atoms with Gasteiger partial charge in [-0.15, -0.1) is 0 Å². The zero-order chi connectivity index (χ0) is 33.1. The molecule has 1 saturated carbocycles. The summed E-state index contributed by atoms with van der Waals surface area (Å²) in [6, 6.07) is 5.58. The Hall–Kier alpha value is -2.96. The molecule has 1 amide bonds. The number of ether oxygens (including phenoxy) is 1. The van der Waals surface area contributed by atoms with Crippen molar-refractivity contribution in [2.45, 2.75) is 89.0 Å². The van der Waals surface area contributed by atoms with Crippen molar-refractivity contribution < 1.29 is 45.0 Å². The van der Waals surface area contributed by atoms with Crippen LogP contribution in [-0.4, -0.2) is 65.7 Å². The van der Waals surface area contributed by atoms with Crippen LogP contribution >= 0.6 is 11.6 Å². The number of sulfone groups is 1. The number of hydrogen-bond donors (Lipinski definition) is 2. The lowest BCUT2D eigenvalue weighted by atomic mass is 9.84. The van der Waals surface area contributed by atoms with E-state index in [0.29, 0.717) is 0 Å². The van der Waals surface area contributed by atoms with Crippen molar-refractivity contribution in [2.24, 2.45) is 5.41 Å². The molecule has 0 unspecified atom stereocenters. The van der Waals surface area contributed by atoms with E-state index in [-0.39, 0.29) is 79.2 Å². The smallest absolute Gasteiger partial charge is 0.394 e. The minimum absolute atomic E-state index is 0.0283. The Labute approximate surface area is 257 Å². The van der Waals surface area contributed by atoms with E-state index in [1.54, 1.807) is 0 Å². The minimum Gasteiger partial charge on any atom is -0.434 e. The normalized spacial score (nSPS) is 19.5. The van der Waals surface area contributed by atoms with Crippen LogP contribution in [0, 0.1) is 16.7 Å². The Morgan fingerprint density at radius 1 is 1.30 bits per heavy atom. The molecule has 2 aromatic rings. The van der Waals surface area contributed by atoms with Gasteiger partial charge in [-0.3, -0.25) is 9.48 Å². The van der Waals surface area contributed by atoms with Crippen LogP contribution in [0.15, 0.2) is 18.2 Å². The Morgan fingerprint density at radius 3 is 2.48 bits per heavy atom. The third kappa shape index (κ3) is 8.60. The zero-order valence-corrected chi connectivity index (χ0v) is 25.9. The van der Waals surface area contributed by atoms with Crippen molar-refractivity contribution in [1.82, 2.24) is 15.1 Å². The number of aryl methyl sites for hydroxylation is 1. The van der Waals surface area contributed by atoms with Gasteiger partial charge in [-0.05, 0) is 56.2 Å². The average molecular weight is 669 g/mol. The van der Waals surface area contributed by atoms with Gasteiger partial charge in [0.25, 0.3) is 5.91 Å². The number of nitrogens with zero attached hydrogens (tertiary/aromatic N) is 3. The monoisotopic (exact) mass is 668 g/mol. The largest absolute Gasteiger partial charge is 0.434 e. The standard InChI is InChI=1S/C28H34ClF5N4O5S/c1-26(2,28(32,33)34)15-17-6-7-19(20(14-17)43-25(30)31)23-21(29)22(37-38(23)13-5-4-12-35)24(39)36-16-27(40)10-8-18(9-11-27)44(3,41)42/h6-7,14,18,25,40H,4-5,8-11,13,15-16H2,1-3H3,(H,36,39)/t18-,27+. The molecular weight excluding hydrogens is 635 g/mol. The van der Waals surface area contributed by atoms with Crippen LogP contribution in [0.3, 0.4) is 0 Å². The number of unbranched alkanes of at least 4 members (excludes halogenated alkanes) is 1. The third-order valence-electron chi connectivity index (χ3n) is 7.75. The van der Waals surface area contributed by atoms with E-state index in [2.05, 4.69) is 15.2 Å². The van der Waals surface area contributed by atoms with Gasteiger partial charge in [0, 0.05) is 31.3 Å². The molecule has 1 fully saturated rings. The van der Waals surface area contributed by atoms with Crippen molar-refractivity contribution in [1.29, 1.82) is 5.26 Å². The minimum atomic E-state index is -4.57. The van der Waals surface area contributed by atoms with Crippen LogP contribution < -0.4 is 10.1 Å². The quantitative estimate of drug-likeness (QED) is 0.219. The summed E-state index contributed by atoms with van der Waals surface area (Å²) in [6.45, 7) is -1.58. The maximum atomic E-state index is 13.5. The average Bonchev–Trinajstić information content (AvgIpc) is 3.22. The summed E-state index contributed by atoms with van der Waals surface area (Å²) < 4.78 is 97.0. The number of carbonyl (C=O) groups is 1. The van der Waals surface area contributed by atoms with Crippen molar-refractivity contribution >= 4 is 27.3 Å². The van der Waals surface area contributed by atoms with Crippen LogP contribution in [-0.2, 0) is 22.8 Å². The summed E-state index contributed by atoms with van der Waals surface area (Å²) in [7, 11) is -3.28. The van der Waals surface area contributed by atoms with E-state index >= 15 is 0 Å². The SMILES string of the molecule is CC(C)(Cc1ccc(-c2c(Cl)c(C(=O)NC[C@]3(O)CC[C@@H](S(C)(=O)=O)CC3)nn2CCCC#N)c(OC(F)F)c1)C(F)(F)F. The van der Waals surface area contributed by atoms with E-state index in [0.717, 1.165) is 26.2 Å². The van der Waals surface area contributed by atoms with Gasteiger partial charge < -0.3 is 15.2 Å². The number of alkyl halides is 5. The third-order valence-corrected chi connectivity index (χ3v) is 9.79. The number of hydrogen-bond acceptors (Lipinski definition) is 7. The zero-order valence-electron chi connectivity index (χ0n) is 24.3. The Kier molecular flexibility index (Phi) is 11.0. The van der Waals surface area contributed by atoms with Gasteiger partial charge in [-0.2, -0.15) is 32.3 Å². The van der Waals surface area contributed by atoms with Crippen LogP contribution in [0.25, 0.3) is 11.3 Å². The Bertz CT molecular complexity index is 1500. The van der Waals surface area contributed by atoms with E-state index in [9.17, 15) is 40.3 Å². The number of aromatic nitrogens is 2. The van der Waals surface area contributed by atoms with Gasteiger partial charge in [0.05, 0.1) is 33.1 Å². The lowest BCUT2D eigenvalue weighted by Crippen LogP contribution is -2.47. The molecule has 1 aliphatic rings. The molecule has 3 rings (SSSR count). The molecule has 2 N–H and O–H groups in total. The highest BCUT2D eigenvalue weighted by molar-refractivity contribution is 7.91. The van der Waals surface area contributed by atoms with E-state index in [4.69, 9.17) is 16.9 Å². The van der Waals surface area contributed by atoms with Gasteiger partial charge in [-0.25, -0.2) is 8.42 Å². The molecule has 1 heterocycles. The van der Waals surface area contributed by atoms with Crippen molar-refractivity contribution in [2.75, 3.05) is 12.8 Å². The number of aliphatic hydroxyl groups is 1. The molecule has 244 valence electrons. The van der Waals surface area contributed by atoms with Gasteiger partial charge in [0.2, 0.25) is 0 Å². The first-order valence-electron chi connectivity index (χ1n) is 13.8. The number of carbonyl (C=O) groups excluding carboxylic acids is 1. The molecule has 16 heteroatoms. The van der Waals surface area contributed by atoms with Crippen molar-refractivity contribution in [3.63, 3.8) is 0 Å². The molecule has 0 bridgehead atoms. The van der Waals surface area contributed by atoms with E-state index < -0.39 is 57.0 Å². The first-order valence-corrected chi connectivity index (χ1v) is 16.1.